The van der Waals surface area contributed by atoms with Crippen LogP contribution in [-0.2, 0) is 9.59 Å². The zero-order valence-corrected chi connectivity index (χ0v) is 18.5. The van der Waals surface area contributed by atoms with Gasteiger partial charge in [-0.1, -0.05) is 46.6 Å². The number of hydrogen-bond donors (Lipinski definition) is 5. The molecule has 6 N–H and O–H groups in total. The van der Waals surface area contributed by atoms with Gasteiger partial charge in [0.15, 0.2) is 11.5 Å². The van der Waals surface area contributed by atoms with Crippen LogP contribution in [0.3, 0.4) is 0 Å². The van der Waals surface area contributed by atoms with Crippen molar-refractivity contribution >= 4 is 18.0 Å². The third-order valence-electron chi connectivity index (χ3n) is 5.56. The van der Waals surface area contributed by atoms with E-state index in [-0.39, 0.29) is 18.7 Å². The summed E-state index contributed by atoms with van der Waals surface area (Å²) in [6.07, 6.45) is 0.411. The molecule has 0 aliphatic heterocycles. The first kappa shape index (κ1) is 26.1. The molecule has 0 aliphatic carbocycles. The number of aromatic hydroxyl groups is 2. The molecule has 1 aromatic rings. The minimum Gasteiger partial charge on any atom is -0.504 e. The van der Waals surface area contributed by atoms with E-state index in [1.165, 1.54) is 18.2 Å². The van der Waals surface area contributed by atoms with E-state index >= 15 is 0 Å². The molecule has 0 heterocycles. The van der Waals surface area contributed by atoms with Gasteiger partial charge in [-0.05, 0) is 36.0 Å². The highest BCUT2D eigenvalue weighted by Gasteiger charge is 2.39. The number of unbranched alkanes of at least 4 members (excludes halogenated alkanes) is 1. The van der Waals surface area contributed by atoms with Crippen molar-refractivity contribution in [1.29, 1.82) is 0 Å². The molecule has 0 saturated heterocycles. The number of amides is 2. The number of carbonyl (C=O) groups excluding carboxylic acids is 1. The van der Waals surface area contributed by atoms with Gasteiger partial charge in [0.1, 0.15) is 6.04 Å². The molecule has 0 saturated carbocycles. The number of carboxylic acids is 1. The first-order valence-corrected chi connectivity index (χ1v) is 10.3. The van der Waals surface area contributed by atoms with Crippen molar-refractivity contribution in [2.45, 2.75) is 65.3 Å². The first-order valence-electron chi connectivity index (χ1n) is 10.3. The van der Waals surface area contributed by atoms with Crippen LogP contribution in [0.25, 0.3) is 0 Å². The van der Waals surface area contributed by atoms with Crippen LogP contribution in [-0.4, -0.2) is 55.9 Å². The summed E-state index contributed by atoms with van der Waals surface area (Å²) in [7, 11) is 0. The van der Waals surface area contributed by atoms with E-state index in [0.29, 0.717) is 18.4 Å². The highest BCUT2D eigenvalue weighted by Crippen LogP contribution is 2.35. The van der Waals surface area contributed by atoms with Crippen LogP contribution in [0.1, 0.15) is 64.9 Å². The van der Waals surface area contributed by atoms with E-state index in [9.17, 15) is 34.8 Å². The number of phenolic OH excluding ortho intramolecular Hbond substituents is 2. The Hall–Kier alpha value is -2.97. The second-order valence-corrected chi connectivity index (χ2v) is 8.87. The zero-order valence-electron chi connectivity index (χ0n) is 18.5. The molecule has 3 unspecified atom stereocenters. The molecule has 0 aromatic heterocycles. The number of benzene rings is 1. The smallest absolute Gasteiger partial charge is 0.408 e. The zero-order chi connectivity index (χ0) is 23.9. The average Bonchev–Trinajstić information content (AvgIpc) is 2.63. The van der Waals surface area contributed by atoms with Gasteiger partial charge in [0.2, 0.25) is 5.91 Å². The van der Waals surface area contributed by atoms with Crippen LogP contribution < -0.4 is 5.73 Å². The Morgan fingerprint density at radius 2 is 1.68 bits per heavy atom. The van der Waals surface area contributed by atoms with Crippen LogP contribution >= 0.6 is 0 Å². The Kier molecular flexibility index (Phi) is 9.15. The van der Waals surface area contributed by atoms with Gasteiger partial charge >= 0.3 is 12.1 Å². The first-order chi connectivity index (χ1) is 14.3. The Morgan fingerprint density at radius 1 is 1.06 bits per heavy atom. The summed E-state index contributed by atoms with van der Waals surface area (Å²) in [6.45, 7) is 7.17. The van der Waals surface area contributed by atoms with E-state index in [0.717, 1.165) is 11.3 Å². The predicted octanol–water partition coefficient (Wildman–Crippen LogP) is 3.34. The van der Waals surface area contributed by atoms with Crippen molar-refractivity contribution < 1.29 is 34.8 Å². The summed E-state index contributed by atoms with van der Waals surface area (Å²) in [5.74, 6) is -4.07. The van der Waals surface area contributed by atoms with Gasteiger partial charge in [-0.25, -0.2) is 9.59 Å². The lowest BCUT2D eigenvalue weighted by Crippen LogP contribution is -2.49. The van der Waals surface area contributed by atoms with Gasteiger partial charge < -0.3 is 26.2 Å². The second-order valence-electron chi connectivity index (χ2n) is 8.87. The number of phenols is 2. The molecule has 1 rings (SSSR count). The molecule has 31 heavy (non-hydrogen) atoms. The molecule has 0 aliphatic rings. The summed E-state index contributed by atoms with van der Waals surface area (Å²) in [5, 5.41) is 39.3. The number of carboxylic acid groups (broad SMARTS) is 2. The van der Waals surface area contributed by atoms with Gasteiger partial charge in [-0.15, -0.1) is 0 Å². The Balaban J connectivity index is 3.36. The van der Waals surface area contributed by atoms with E-state index in [1.807, 2.05) is 27.7 Å². The standard InChI is InChI=1S/C22H34N2O7/c1-5-6-7-14(13-8-9-16(25)17(26)12-13)18(20(28)29)24(21(30)31)11-10-15(19(23)27)22(2,3)4/h8-9,12,14-15,18,25-26H,5-7,10-11H2,1-4H3,(H2,23,27)(H,28,29)(H,30,31). The van der Waals surface area contributed by atoms with E-state index < -0.39 is 47.0 Å². The summed E-state index contributed by atoms with van der Waals surface area (Å²) < 4.78 is 0. The maximum atomic E-state index is 12.2. The summed E-state index contributed by atoms with van der Waals surface area (Å²) in [6, 6.07) is 2.54. The highest BCUT2D eigenvalue weighted by molar-refractivity contribution is 5.81. The van der Waals surface area contributed by atoms with Crippen molar-refractivity contribution in [2.75, 3.05) is 6.54 Å². The Bertz CT molecular complexity index is 789. The van der Waals surface area contributed by atoms with Crippen molar-refractivity contribution in [3.63, 3.8) is 0 Å². The normalized spacial score (nSPS) is 14.5. The van der Waals surface area contributed by atoms with Crippen molar-refractivity contribution in [3.05, 3.63) is 23.8 Å². The van der Waals surface area contributed by atoms with Gasteiger partial charge in [0.25, 0.3) is 0 Å². The number of carbonyl (C=O) groups is 3. The van der Waals surface area contributed by atoms with Gasteiger partial charge in [0.05, 0.1) is 0 Å². The fourth-order valence-corrected chi connectivity index (χ4v) is 3.85. The van der Waals surface area contributed by atoms with Crippen LogP contribution in [0.2, 0.25) is 0 Å². The Labute approximate surface area is 182 Å². The lowest BCUT2D eigenvalue weighted by atomic mass is 9.78. The molecule has 0 spiro atoms. The van der Waals surface area contributed by atoms with Crippen LogP contribution in [0.15, 0.2) is 18.2 Å². The highest BCUT2D eigenvalue weighted by atomic mass is 16.4. The molecule has 9 heteroatoms. The number of rotatable bonds is 11. The molecule has 0 bridgehead atoms. The molecular weight excluding hydrogens is 404 g/mol. The van der Waals surface area contributed by atoms with Crippen molar-refractivity contribution in [3.8, 4) is 11.5 Å². The van der Waals surface area contributed by atoms with Crippen LogP contribution in [0.5, 0.6) is 11.5 Å². The van der Waals surface area contributed by atoms with Gasteiger partial charge in [-0.3, -0.25) is 9.69 Å². The number of nitrogens with two attached hydrogens (primary N) is 1. The fraction of sp³-hybridized carbons (Fsp3) is 0.591. The lowest BCUT2D eigenvalue weighted by molar-refractivity contribution is -0.143. The number of primary amides is 1. The largest absolute Gasteiger partial charge is 0.504 e. The SMILES string of the molecule is CCCCC(c1ccc(O)c(O)c1)C(C(=O)O)N(CCC(C(N)=O)C(C)(C)C)C(=O)O. The molecule has 9 nitrogen and oxygen atoms in total. The summed E-state index contributed by atoms with van der Waals surface area (Å²) in [5.41, 5.74) is 5.39. The summed E-state index contributed by atoms with van der Waals surface area (Å²) in [4.78, 5) is 37.0. The third kappa shape index (κ3) is 7.04. The average molecular weight is 439 g/mol. The quantitative estimate of drug-likeness (QED) is 0.331. The maximum Gasteiger partial charge on any atom is 0.408 e. The predicted molar refractivity (Wildman–Crippen MR) is 115 cm³/mol. The molecule has 0 radical (unpaired) electrons. The van der Waals surface area contributed by atoms with E-state index in [2.05, 4.69) is 0 Å². The number of hydrogen-bond acceptors (Lipinski definition) is 5. The van der Waals surface area contributed by atoms with Crippen molar-refractivity contribution in [1.82, 2.24) is 4.90 Å². The molecular formula is C22H34N2O7. The molecule has 0 fully saturated rings. The Morgan fingerprint density at radius 3 is 2.10 bits per heavy atom. The van der Waals surface area contributed by atoms with Crippen LogP contribution in [0.4, 0.5) is 4.79 Å². The minimum absolute atomic E-state index is 0.0796. The third-order valence-corrected chi connectivity index (χ3v) is 5.56. The molecule has 2 amide bonds. The monoisotopic (exact) mass is 438 g/mol. The van der Waals surface area contributed by atoms with Gasteiger partial charge in [0, 0.05) is 18.4 Å². The number of nitrogens with zero attached hydrogens (tertiary/aromatic N) is 1. The lowest BCUT2D eigenvalue weighted by Gasteiger charge is -2.35. The minimum atomic E-state index is -1.44. The van der Waals surface area contributed by atoms with Crippen molar-refractivity contribution in [2.24, 2.45) is 17.1 Å². The number of aliphatic carboxylic acids is 1. The molecule has 3 atom stereocenters. The molecule has 1 aromatic carbocycles. The molecule has 174 valence electrons. The van der Waals surface area contributed by atoms with Crippen LogP contribution in [0, 0.1) is 11.3 Å². The second kappa shape index (κ2) is 10.9. The van der Waals surface area contributed by atoms with E-state index in [4.69, 9.17) is 5.73 Å². The topological polar surface area (TPSA) is 161 Å². The van der Waals surface area contributed by atoms with Gasteiger partial charge in [-0.2, -0.15) is 0 Å². The maximum absolute atomic E-state index is 12.2. The summed E-state index contributed by atoms with van der Waals surface area (Å²) >= 11 is 0. The van der Waals surface area contributed by atoms with E-state index in [1.54, 1.807) is 0 Å². The fourth-order valence-electron chi connectivity index (χ4n) is 3.85.